The van der Waals surface area contributed by atoms with Crippen LogP contribution in [0.4, 0.5) is 0 Å². The van der Waals surface area contributed by atoms with Crippen molar-refractivity contribution in [1.29, 1.82) is 0 Å². The summed E-state index contributed by atoms with van der Waals surface area (Å²) in [4.78, 5) is 23.2. The number of carboxylic acid groups (broad SMARTS) is 1. The van der Waals surface area contributed by atoms with Gasteiger partial charge in [-0.05, 0) is 91.3 Å². The molecule has 4 rings (SSSR count). The number of unbranched alkanes of at least 4 members (excludes halogenated alkanes) is 4. The van der Waals surface area contributed by atoms with Gasteiger partial charge in [0.15, 0.2) is 7.05 Å². The van der Waals surface area contributed by atoms with Gasteiger partial charge in [-0.15, -0.1) is 0 Å². The topological polar surface area (TPSA) is 77.6 Å². The van der Waals surface area contributed by atoms with E-state index in [-0.39, 0.29) is 10.8 Å². The fourth-order valence-corrected chi connectivity index (χ4v) is 8.45. The molecule has 7 unspecified atom stereocenters. The Balaban J connectivity index is 1.36. The molecule has 4 fully saturated rings. The average molecular weight is 484 g/mol. The Morgan fingerprint density at radius 1 is 1.17 bits per heavy atom. The lowest BCUT2D eigenvalue weighted by molar-refractivity contribution is -0.757. The van der Waals surface area contributed by atoms with Gasteiger partial charge in [0.05, 0.1) is 12.8 Å². The van der Waals surface area contributed by atoms with Gasteiger partial charge in [-0.3, -0.25) is 10.0 Å². The van der Waals surface area contributed by atoms with Gasteiger partial charge in [-0.1, -0.05) is 26.0 Å². The van der Waals surface area contributed by atoms with Crippen molar-refractivity contribution in [2.75, 3.05) is 7.05 Å². The number of carbonyl (C=O) groups is 2. The van der Waals surface area contributed by atoms with Crippen molar-refractivity contribution in [2.24, 2.45) is 40.4 Å². The Labute approximate surface area is 211 Å². The summed E-state index contributed by atoms with van der Waals surface area (Å²) in [6.07, 6.45) is 22.1. The molecule has 0 bridgehead atoms. The van der Waals surface area contributed by atoms with Crippen LogP contribution in [0.15, 0.2) is 24.3 Å². The maximum atomic E-state index is 12.8. The molecular formula is C30H45NO4+2. The van der Waals surface area contributed by atoms with Crippen LogP contribution in [0.3, 0.4) is 0 Å². The van der Waals surface area contributed by atoms with E-state index in [1.807, 2.05) is 0 Å². The Bertz CT molecular complexity index is 900. The van der Waals surface area contributed by atoms with E-state index >= 15 is 0 Å². The summed E-state index contributed by atoms with van der Waals surface area (Å²) in [5.41, 5.74) is 1.29. The van der Waals surface area contributed by atoms with E-state index in [1.54, 1.807) is 13.1 Å². The molecule has 0 aromatic heterocycles. The lowest BCUT2D eigenvalue weighted by Gasteiger charge is -2.58. The molecule has 0 aliphatic heterocycles. The first-order chi connectivity index (χ1) is 16.7. The molecule has 4 aliphatic rings. The Morgan fingerprint density at radius 2 is 1.97 bits per heavy atom. The van der Waals surface area contributed by atoms with E-state index in [0.29, 0.717) is 41.8 Å². The summed E-state index contributed by atoms with van der Waals surface area (Å²) in [5, 5.41) is 19.3. The molecule has 5 heteroatoms. The van der Waals surface area contributed by atoms with Gasteiger partial charge in [0.1, 0.15) is 12.2 Å². The zero-order valence-electron chi connectivity index (χ0n) is 21.9. The molecule has 0 amide bonds. The van der Waals surface area contributed by atoms with Gasteiger partial charge in [0.2, 0.25) is 5.71 Å². The first kappa shape index (κ1) is 26.0. The number of ketones is 1. The predicted molar refractivity (Wildman–Crippen MR) is 137 cm³/mol. The molecule has 4 aliphatic carbocycles. The number of allylic oxidation sites excluding steroid dienone is 3. The molecule has 0 aromatic carbocycles. The number of fused-ring (bicyclic) bond motifs is 5. The van der Waals surface area contributed by atoms with E-state index in [2.05, 4.69) is 32.4 Å². The molecule has 192 valence electrons. The lowest BCUT2D eigenvalue weighted by atomic mass is 9.44. The van der Waals surface area contributed by atoms with Crippen LogP contribution in [0.5, 0.6) is 0 Å². The highest BCUT2D eigenvalue weighted by atomic mass is 16.5. The quantitative estimate of drug-likeness (QED) is 0.0812. The van der Waals surface area contributed by atoms with E-state index in [1.165, 1.54) is 29.4 Å². The SMILES string of the molecule is C/[N+](O)=C1/CC2C3CCC(=O)C3(C)CCC2C2(C)CCC(/C=C\CCC[CH+]C/C=C/C(=O)O)CC12. The van der Waals surface area contributed by atoms with Crippen molar-refractivity contribution in [3.05, 3.63) is 30.7 Å². The highest BCUT2D eigenvalue weighted by Gasteiger charge is 2.63. The molecule has 35 heavy (non-hydrogen) atoms. The Hall–Kier alpha value is -2.04. The monoisotopic (exact) mass is 483 g/mol. The van der Waals surface area contributed by atoms with Gasteiger partial charge < -0.3 is 5.11 Å². The maximum Gasteiger partial charge on any atom is 0.328 e. The van der Waals surface area contributed by atoms with Gasteiger partial charge >= 0.3 is 5.97 Å². The van der Waals surface area contributed by atoms with Crippen molar-refractivity contribution in [3.8, 4) is 0 Å². The maximum absolute atomic E-state index is 12.8. The number of carbonyl (C=O) groups excluding carboxylic acids is 1. The molecule has 0 radical (unpaired) electrons. The second-order valence-corrected chi connectivity index (χ2v) is 12.2. The molecule has 0 aromatic rings. The third-order valence-corrected chi connectivity index (χ3v) is 10.4. The highest BCUT2D eigenvalue weighted by Crippen LogP contribution is 2.65. The zero-order valence-corrected chi connectivity index (χ0v) is 21.9. The minimum Gasteiger partial charge on any atom is -0.478 e. The number of hydrogen-bond acceptors (Lipinski definition) is 3. The molecule has 4 saturated carbocycles. The number of aliphatic carboxylic acids is 1. The summed E-state index contributed by atoms with van der Waals surface area (Å²) in [5.74, 6) is 2.24. The van der Waals surface area contributed by atoms with Crippen LogP contribution in [-0.2, 0) is 9.59 Å². The van der Waals surface area contributed by atoms with E-state index in [9.17, 15) is 14.8 Å². The second-order valence-electron chi connectivity index (χ2n) is 12.2. The average Bonchev–Trinajstić information content (AvgIpc) is 3.11. The number of rotatable bonds is 8. The van der Waals surface area contributed by atoms with Gasteiger partial charge in [-0.2, -0.15) is 0 Å². The standard InChI is InChI=1S/C30H44NO4/c1-29-17-15-21(11-9-7-5-4-6-8-10-12-28(33)34)19-25(29)26(31(3)35)20-22-23-13-14-27(32)30(23,2)18-16-24(22)29/h6,9-12,21-25H,4-5,7-8,13-20H2,1-3H3,(H-,33,34,35)/q+1/p+1/b11-9-,12-10+,31-26+. The lowest BCUT2D eigenvalue weighted by Crippen LogP contribution is -2.57. The predicted octanol–water partition coefficient (Wildman–Crippen LogP) is 6.26. The minimum atomic E-state index is -0.887. The summed E-state index contributed by atoms with van der Waals surface area (Å²) in [6.45, 7) is 4.72. The zero-order chi connectivity index (χ0) is 25.2. The molecule has 0 spiro atoms. The molecule has 7 atom stereocenters. The van der Waals surface area contributed by atoms with Crippen LogP contribution < -0.4 is 0 Å². The first-order valence-electron chi connectivity index (χ1n) is 13.9. The summed E-state index contributed by atoms with van der Waals surface area (Å²) in [7, 11) is 1.81. The van der Waals surface area contributed by atoms with Gasteiger partial charge in [0, 0.05) is 30.3 Å². The van der Waals surface area contributed by atoms with Crippen LogP contribution in [0.2, 0.25) is 0 Å². The number of hydroxylamine groups is 1. The second kappa shape index (κ2) is 10.5. The molecule has 0 saturated heterocycles. The molecule has 5 nitrogen and oxygen atoms in total. The number of Topliss-reactive ketones (excluding diaryl/α,β-unsaturated/α-hetero) is 1. The summed E-state index contributed by atoms with van der Waals surface area (Å²) in [6, 6.07) is 0. The molecule has 2 N–H and O–H groups in total. The molecular weight excluding hydrogens is 438 g/mol. The Kier molecular flexibility index (Phi) is 7.83. The largest absolute Gasteiger partial charge is 0.478 e. The van der Waals surface area contributed by atoms with Crippen molar-refractivity contribution in [3.63, 3.8) is 0 Å². The van der Waals surface area contributed by atoms with Crippen LogP contribution >= 0.6 is 0 Å². The van der Waals surface area contributed by atoms with Crippen LogP contribution in [0, 0.1) is 46.8 Å². The normalized spacial score (nSPS) is 40.4. The van der Waals surface area contributed by atoms with Crippen molar-refractivity contribution in [2.45, 2.75) is 90.9 Å². The van der Waals surface area contributed by atoms with Crippen LogP contribution in [0.1, 0.15) is 90.9 Å². The highest BCUT2D eigenvalue weighted by molar-refractivity contribution is 5.88. The smallest absolute Gasteiger partial charge is 0.328 e. The van der Waals surface area contributed by atoms with Crippen molar-refractivity contribution >= 4 is 17.5 Å². The van der Waals surface area contributed by atoms with E-state index in [0.717, 1.165) is 57.8 Å². The fraction of sp³-hybridized carbons (Fsp3) is 0.733. The summed E-state index contributed by atoms with van der Waals surface area (Å²) < 4.78 is 1.43. The Morgan fingerprint density at radius 3 is 2.71 bits per heavy atom. The third-order valence-electron chi connectivity index (χ3n) is 10.4. The van der Waals surface area contributed by atoms with Gasteiger partial charge in [-0.25, -0.2) is 4.79 Å². The fourth-order valence-electron chi connectivity index (χ4n) is 8.45. The van der Waals surface area contributed by atoms with Crippen LogP contribution in [0.25, 0.3) is 0 Å². The van der Waals surface area contributed by atoms with Crippen molar-refractivity contribution < 1.29 is 24.6 Å². The minimum absolute atomic E-state index is 0.132. The van der Waals surface area contributed by atoms with Crippen molar-refractivity contribution in [1.82, 2.24) is 0 Å². The number of nitrogens with zero attached hydrogens (tertiary/aromatic N) is 1. The van der Waals surface area contributed by atoms with Crippen LogP contribution in [-0.4, -0.2) is 39.6 Å². The first-order valence-corrected chi connectivity index (χ1v) is 13.9. The van der Waals surface area contributed by atoms with Gasteiger partial charge in [0.25, 0.3) is 0 Å². The van der Waals surface area contributed by atoms with E-state index < -0.39 is 5.97 Å². The number of hydrogen-bond donors (Lipinski definition) is 2. The molecule has 0 heterocycles. The third kappa shape index (κ3) is 5.11. The van der Waals surface area contributed by atoms with E-state index in [4.69, 9.17) is 5.11 Å². The summed E-state index contributed by atoms with van der Waals surface area (Å²) >= 11 is 0. The number of carboxylic acids is 1.